The highest BCUT2D eigenvalue weighted by Crippen LogP contribution is 2.28. The molecule has 2 heteroatoms. The van der Waals surface area contributed by atoms with E-state index in [0.29, 0.717) is 6.10 Å². The van der Waals surface area contributed by atoms with Gasteiger partial charge in [-0.05, 0) is 38.4 Å². The molecule has 0 saturated heterocycles. The average Bonchev–Trinajstić information content (AvgIpc) is 1.91. The van der Waals surface area contributed by atoms with Crippen LogP contribution in [0, 0.1) is 5.92 Å². The van der Waals surface area contributed by atoms with Gasteiger partial charge in [0.1, 0.15) is 0 Å². The van der Waals surface area contributed by atoms with Gasteiger partial charge in [0, 0.05) is 6.10 Å². The Hall–Kier alpha value is 0.177. The van der Waals surface area contributed by atoms with Crippen LogP contribution in [0.2, 0.25) is 19.6 Å². The predicted molar refractivity (Wildman–Crippen MR) is 55.9 cm³/mol. The van der Waals surface area contributed by atoms with Gasteiger partial charge in [0.15, 0.2) is 8.32 Å². The topological polar surface area (TPSA) is 9.23 Å². The highest BCUT2D eigenvalue weighted by atomic mass is 28.4. The molecule has 0 aliphatic heterocycles. The van der Waals surface area contributed by atoms with E-state index >= 15 is 0 Å². The molecule has 1 aliphatic rings. The number of rotatable bonds is 2. The van der Waals surface area contributed by atoms with Gasteiger partial charge in [-0.1, -0.05) is 19.8 Å². The minimum Gasteiger partial charge on any atom is -0.414 e. The van der Waals surface area contributed by atoms with Gasteiger partial charge in [0.25, 0.3) is 0 Å². The molecule has 0 aromatic rings. The van der Waals surface area contributed by atoms with Crippen molar-refractivity contribution < 1.29 is 4.43 Å². The third-order valence-corrected chi connectivity index (χ3v) is 3.55. The standard InChI is InChI=1S/C10H22OSi/c1-9-7-5-6-8-10(9)11-12(2,3)4/h9-10H,5-8H2,1-4H3/t9-,10+/m0/s1. The quantitative estimate of drug-likeness (QED) is 0.600. The van der Waals surface area contributed by atoms with Crippen LogP contribution in [0.15, 0.2) is 0 Å². The number of hydrogen-bond acceptors (Lipinski definition) is 1. The van der Waals surface area contributed by atoms with Gasteiger partial charge >= 0.3 is 0 Å². The lowest BCUT2D eigenvalue weighted by molar-refractivity contribution is 0.0958. The predicted octanol–water partition coefficient (Wildman–Crippen LogP) is 3.42. The molecule has 0 heterocycles. The maximum absolute atomic E-state index is 6.13. The van der Waals surface area contributed by atoms with Crippen LogP contribution in [-0.4, -0.2) is 14.4 Å². The zero-order valence-electron chi connectivity index (χ0n) is 8.89. The molecule has 2 atom stereocenters. The van der Waals surface area contributed by atoms with Gasteiger partial charge in [-0.15, -0.1) is 0 Å². The fourth-order valence-corrected chi connectivity index (χ4v) is 3.17. The van der Waals surface area contributed by atoms with Crippen LogP contribution in [-0.2, 0) is 4.43 Å². The Labute approximate surface area is 77.6 Å². The third kappa shape index (κ3) is 3.28. The molecule has 0 aromatic carbocycles. The molecule has 12 heavy (non-hydrogen) atoms. The molecule has 0 unspecified atom stereocenters. The lowest BCUT2D eigenvalue weighted by atomic mass is 9.88. The fourth-order valence-electron chi connectivity index (χ4n) is 1.91. The third-order valence-electron chi connectivity index (χ3n) is 2.54. The normalized spacial score (nSPS) is 32.0. The SMILES string of the molecule is C[C@H]1CCCC[C@H]1O[Si](C)(C)C. The van der Waals surface area contributed by atoms with Crippen molar-refractivity contribution in [1.29, 1.82) is 0 Å². The Kier molecular flexibility index (Phi) is 3.35. The molecule has 1 aliphatic carbocycles. The van der Waals surface area contributed by atoms with Crippen molar-refractivity contribution in [3.63, 3.8) is 0 Å². The molecule has 0 N–H and O–H groups in total. The van der Waals surface area contributed by atoms with Crippen LogP contribution < -0.4 is 0 Å². The molecule has 0 bridgehead atoms. The Balaban J connectivity index is 2.39. The Morgan fingerprint density at radius 3 is 2.17 bits per heavy atom. The minimum atomic E-state index is -1.29. The number of hydrogen-bond donors (Lipinski definition) is 0. The van der Waals surface area contributed by atoms with E-state index in [4.69, 9.17) is 4.43 Å². The van der Waals surface area contributed by atoms with Gasteiger partial charge in [-0.2, -0.15) is 0 Å². The van der Waals surface area contributed by atoms with Gasteiger partial charge in [-0.3, -0.25) is 0 Å². The molecule has 72 valence electrons. The first-order chi connectivity index (χ1) is 5.49. The second-order valence-corrected chi connectivity index (χ2v) is 9.49. The van der Waals surface area contributed by atoms with Crippen LogP contribution in [0.1, 0.15) is 32.6 Å². The summed E-state index contributed by atoms with van der Waals surface area (Å²) in [6, 6.07) is 0. The first kappa shape index (κ1) is 10.3. The highest BCUT2D eigenvalue weighted by molar-refractivity contribution is 6.69. The van der Waals surface area contributed by atoms with Gasteiger partial charge in [-0.25, -0.2) is 0 Å². The molecule has 1 rings (SSSR count). The largest absolute Gasteiger partial charge is 0.414 e. The van der Waals surface area contributed by atoms with Crippen molar-refractivity contribution >= 4 is 8.32 Å². The summed E-state index contributed by atoms with van der Waals surface area (Å²) in [6.07, 6.45) is 6.03. The van der Waals surface area contributed by atoms with Crippen molar-refractivity contribution in [1.82, 2.24) is 0 Å². The summed E-state index contributed by atoms with van der Waals surface area (Å²) in [7, 11) is -1.29. The van der Waals surface area contributed by atoms with Crippen molar-refractivity contribution in [3.05, 3.63) is 0 Å². The van der Waals surface area contributed by atoms with Crippen molar-refractivity contribution in [2.24, 2.45) is 5.92 Å². The Morgan fingerprint density at radius 1 is 1.08 bits per heavy atom. The van der Waals surface area contributed by atoms with E-state index < -0.39 is 8.32 Å². The molecule has 1 saturated carbocycles. The summed E-state index contributed by atoms with van der Waals surface area (Å²) < 4.78 is 6.13. The van der Waals surface area contributed by atoms with E-state index in [1.807, 2.05) is 0 Å². The van der Waals surface area contributed by atoms with Gasteiger partial charge in [0.2, 0.25) is 0 Å². The zero-order valence-corrected chi connectivity index (χ0v) is 9.89. The minimum absolute atomic E-state index is 0.574. The van der Waals surface area contributed by atoms with Gasteiger partial charge < -0.3 is 4.43 Å². The maximum Gasteiger partial charge on any atom is 0.184 e. The summed E-state index contributed by atoms with van der Waals surface area (Å²) in [5.74, 6) is 0.797. The summed E-state index contributed by atoms with van der Waals surface area (Å²) >= 11 is 0. The summed E-state index contributed by atoms with van der Waals surface area (Å²) in [4.78, 5) is 0. The van der Waals surface area contributed by atoms with E-state index in [-0.39, 0.29) is 0 Å². The second kappa shape index (κ2) is 3.92. The molecule has 1 fully saturated rings. The highest BCUT2D eigenvalue weighted by Gasteiger charge is 2.27. The summed E-state index contributed by atoms with van der Waals surface area (Å²) in [5, 5.41) is 0. The first-order valence-corrected chi connectivity index (χ1v) is 8.58. The van der Waals surface area contributed by atoms with Gasteiger partial charge in [0.05, 0.1) is 0 Å². The summed E-state index contributed by atoms with van der Waals surface area (Å²) in [5.41, 5.74) is 0. The van der Waals surface area contributed by atoms with Crippen LogP contribution in [0.5, 0.6) is 0 Å². The molecular formula is C10H22OSi. The van der Waals surface area contributed by atoms with Crippen LogP contribution >= 0.6 is 0 Å². The maximum atomic E-state index is 6.13. The van der Waals surface area contributed by atoms with E-state index in [0.717, 1.165) is 5.92 Å². The zero-order chi connectivity index (χ0) is 9.19. The van der Waals surface area contributed by atoms with E-state index in [1.54, 1.807) is 0 Å². The van der Waals surface area contributed by atoms with E-state index in [9.17, 15) is 0 Å². The lowest BCUT2D eigenvalue weighted by Gasteiger charge is -2.34. The molecule has 0 amide bonds. The average molecular weight is 186 g/mol. The monoisotopic (exact) mass is 186 g/mol. The molecular weight excluding hydrogens is 164 g/mol. The first-order valence-electron chi connectivity index (χ1n) is 5.17. The Bertz CT molecular complexity index is 139. The van der Waals surface area contributed by atoms with Crippen LogP contribution in [0.25, 0.3) is 0 Å². The second-order valence-electron chi connectivity index (χ2n) is 5.03. The smallest absolute Gasteiger partial charge is 0.184 e. The van der Waals surface area contributed by atoms with Crippen molar-refractivity contribution in [2.45, 2.75) is 58.4 Å². The van der Waals surface area contributed by atoms with Crippen LogP contribution in [0.4, 0.5) is 0 Å². The lowest BCUT2D eigenvalue weighted by Crippen LogP contribution is -2.36. The van der Waals surface area contributed by atoms with E-state index in [2.05, 4.69) is 26.6 Å². The molecule has 0 aromatic heterocycles. The fraction of sp³-hybridized carbons (Fsp3) is 1.00. The summed E-state index contributed by atoms with van der Waals surface area (Å²) in [6.45, 7) is 9.20. The molecule has 0 spiro atoms. The van der Waals surface area contributed by atoms with E-state index in [1.165, 1.54) is 25.7 Å². The molecule has 1 nitrogen and oxygen atoms in total. The molecule has 0 radical (unpaired) electrons. The van der Waals surface area contributed by atoms with Crippen molar-refractivity contribution in [3.8, 4) is 0 Å². The Morgan fingerprint density at radius 2 is 1.67 bits per heavy atom. The van der Waals surface area contributed by atoms with Crippen molar-refractivity contribution in [2.75, 3.05) is 0 Å². The van der Waals surface area contributed by atoms with Crippen LogP contribution in [0.3, 0.4) is 0 Å².